The molecule has 0 saturated heterocycles. The second-order valence-electron chi connectivity index (χ2n) is 3.42. The fourth-order valence-corrected chi connectivity index (χ4v) is 1.79. The highest BCUT2D eigenvalue weighted by Gasteiger charge is 2.05. The Hall–Kier alpha value is -1.09. The Bertz CT molecular complexity index is 332. The van der Waals surface area contributed by atoms with Crippen molar-refractivity contribution >= 4 is 23.0 Å². The van der Waals surface area contributed by atoms with Gasteiger partial charge in [0.25, 0.3) is 0 Å². The van der Waals surface area contributed by atoms with Crippen molar-refractivity contribution in [3.8, 4) is 0 Å². The van der Waals surface area contributed by atoms with Crippen LogP contribution in [0.25, 0.3) is 0 Å². The largest absolute Gasteiger partial charge is 0.350 e. The van der Waals surface area contributed by atoms with Crippen LogP contribution in [0.5, 0.6) is 0 Å². The molecule has 0 aliphatic heterocycles. The Balaban J connectivity index is 2.70. The summed E-state index contributed by atoms with van der Waals surface area (Å²) in [6, 6.07) is 8.17. The Kier molecular flexibility index (Phi) is 4.56. The predicted octanol–water partition coefficient (Wildman–Crippen LogP) is 3.03. The number of nitrogens with one attached hydrogen (secondary N) is 1. The molecule has 1 aromatic rings. The van der Waals surface area contributed by atoms with Crippen LogP contribution in [0.2, 0.25) is 0 Å². The van der Waals surface area contributed by atoms with Gasteiger partial charge in [0, 0.05) is 18.8 Å². The molecular formula is C12H18N2S. The molecular weight excluding hydrogens is 204 g/mol. The maximum atomic E-state index is 5.33. The monoisotopic (exact) mass is 222 g/mol. The van der Waals surface area contributed by atoms with Crippen LogP contribution >= 0.6 is 12.2 Å². The molecule has 0 aromatic heterocycles. The van der Waals surface area contributed by atoms with Gasteiger partial charge in [-0.1, -0.05) is 18.2 Å². The van der Waals surface area contributed by atoms with E-state index < -0.39 is 0 Å². The molecule has 15 heavy (non-hydrogen) atoms. The van der Waals surface area contributed by atoms with Gasteiger partial charge in [0.2, 0.25) is 0 Å². The van der Waals surface area contributed by atoms with Crippen molar-refractivity contribution < 1.29 is 0 Å². The smallest absolute Gasteiger partial charge is 0.173 e. The Morgan fingerprint density at radius 1 is 1.27 bits per heavy atom. The van der Waals surface area contributed by atoms with E-state index in [0.717, 1.165) is 23.9 Å². The number of thiocarbonyl (C=S) groups is 1. The van der Waals surface area contributed by atoms with Crippen LogP contribution in [0.3, 0.4) is 0 Å². The average molecular weight is 222 g/mol. The highest BCUT2D eigenvalue weighted by atomic mass is 32.1. The lowest BCUT2D eigenvalue weighted by Crippen LogP contribution is -2.34. The van der Waals surface area contributed by atoms with E-state index in [4.69, 9.17) is 12.2 Å². The quantitative estimate of drug-likeness (QED) is 0.791. The van der Waals surface area contributed by atoms with Gasteiger partial charge < -0.3 is 10.2 Å². The van der Waals surface area contributed by atoms with Gasteiger partial charge in [0.15, 0.2) is 5.11 Å². The topological polar surface area (TPSA) is 15.3 Å². The highest BCUT2D eigenvalue weighted by molar-refractivity contribution is 7.80. The van der Waals surface area contributed by atoms with Crippen molar-refractivity contribution in [1.82, 2.24) is 4.90 Å². The minimum Gasteiger partial charge on any atom is -0.350 e. The van der Waals surface area contributed by atoms with E-state index in [-0.39, 0.29) is 0 Å². The number of anilines is 1. The zero-order valence-electron chi connectivity index (χ0n) is 9.58. The summed E-state index contributed by atoms with van der Waals surface area (Å²) in [5, 5.41) is 4.07. The molecule has 0 saturated carbocycles. The molecule has 3 heteroatoms. The van der Waals surface area contributed by atoms with E-state index >= 15 is 0 Å². The van der Waals surface area contributed by atoms with E-state index in [1.165, 1.54) is 5.56 Å². The Labute approximate surface area is 97.3 Å². The number of para-hydroxylation sites is 1. The SMILES string of the molecule is CCN(CC)C(=S)Nc1ccccc1C. The molecule has 0 aliphatic carbocycles. The number of aryl methyl sites for hydroxylation is 1. The fraction of sp³-hybridized carbons (Fsp3) is 0.417. The molecule has 0 aliphatic rings. The van der Waals surface area contributed by atoms with Crippen molar-refractivity contribution in [1.29, 1.82) is 0 Å². The molecule has 0 heterocycles. The van der Waals surface area contributed by atoms with Gasteiger partial charge in [0.1, 0.15) is 0 Å². The lowest BCUT2D eigenvalue weighted by molar-refractivity contribution is 0.473. The normalized spacial score (nSPS) is 9.80. The van der Waals surface area contributed by atoms with Gasteiger partial charge in [-0.2, -0.15) is 0 Å². The molecule has 82 valence electrons. The van der Waals surface area contributed by atoms with Crippen molar-refractivity contribution in [3.05, 3.63) is 29.8 Å². The van der Waals surface area contributed by atoms with Crippen molar-refractivity contribution in [2.75, 3.05) is 18.4 Å². The van der Waals surface area contributed by atoms with E-state index in [1.54, 1.807) is 0 Å². The molecule has 1 aromatic carbocycles. The van der Waals surface area contributed by atoms with Gasteiger partial charge in [-0.05, 0) is 44.6 Å². The summed E-state index contributed by atoms with van der Waals surface area (Å²) in [7, 11) is 0. The Morgan fingerprint density at radius 3 is 2.40 bits per heavy atom. The number of hydrogen-bond acceptors (Lipinski definition) is 1. The Morgan fingerprint density at radius 2 is 1.87 bits per heavy atom. The fourth-order valence-electron chi connectivity index (χ4n) is 1.42. The van der Waals surface area contributed by atoms with Crippen molar-refractivity contribution in [3.63, 3.8) is 0 Å². The molecule has 0 unspecified atom stereocenters. The molecule has 1 N–H and O–H groups in total. The second kappa shape index (κ2) is 5.71. The highest BCUT2D eigenvalue weighted by Crippen LogP contribution is 2.13. The molecule has 0 amide bonds. The molecule has 2 nitrogen and oxygen atoms in total. The maximum absolute atomic E-state index is 5.33. The second-order valence-corrected chi connectivity index (χ2v) is 3.80. The summed E-state index contributed by atoms with van der Waals surface area (Å²) in [5.41, 5.74) is 2.31. The van der Waals surface area contributed by atoms with Crippen LogP contribution in [-0.4, -0.2) is 23.1 Å². The predicted molar refractivity (Wildman–Crippen MR) is 70.3 cm³/mol. The summed E-state index contributed by atoms with van der Waals surface area (Å²) in [6.07, 6.45) is 0. The van der Waals surface area contributed by atoms with E-state index in [9.17, 15) is 0 Å². The number of nitrogens with zero attached hydrogens (tertiary/aromatic N) is 1. The lowest BCUT2D eigenvalue weighted by atomic mass is 10.2. The zero-order valence-corrected chi connectivity index (χ0v) is 10.4. The standard InChI is InChI=1S/C12H18N2S/c1-4-14(5-2)12(15)13-11-9-7-6-8-10(11)3/h6-9H,4-5H2,1-3H3,(H,13,15). The molecule has 0 bridgehead atoms. The first-order chi connectivity index (χ1) is 7.19. The van der Waals surface area contributed by atoms with Gasteiger partial charge >= 0.3 is 0 Å². The zero-order chi connectivity index (χ0) is 11.3. The minimum absolute atomic E-state index is 0.800. The summed E-state index contributed by atoms with van der Waals surface area (Å²) >= 11 is 5.33. The van der Waals surface area contributed by atoms with E-state index in [2.05, 4.69) is 37.1 Å². The lowest BCUT2D eigenvalue weighted by Gasteiger charge is -2.23. The summed E-state index contributed by atoms with van der Waals surface area (Å²) in [5.74, 6) is 0. The third kappa shape index (κ3) is 3.20. The van der Waals surface area contributed by atoms with E-state index in [0.29, 0.717) is 0 Å². The third-order valence-electron chi connectivity index (χ3n) is 2.44. The molecule has 0 fully saturated rings. The number of rotatable bonds is 3. The summed E-state index contributed by atoms with van der Waals surface area (Å²) in [4.78, 5) is 2.13. The van der Waals surface area contributed by atoms with Gasteiger partial charge in [-0.3, -0.25) is 0 Å². The third-order valence-corrected chi connectivity index (χ3v) is 2.80. The first-order valence-corrected chi connectivity index (χ1v) is 5.71. The summed E-state index contributed by atoms with van der Waals surface area (Å²) < 4.78 is 0. The van der Waals surface area contributed by atoms with Crippen molar-refractivity contribution in [2.24, 2.45) is 0 Å². The molecule has 0 atom stereocenters. The first kappa shape index (κ1) is 12.0. The van der Waals surface area contributed by atoms with Crippen LogP contribution < -0.4 is 5.32 Å². The van der Waals surface area contributed by atoms with Gasteiger partial charge in [-0.25, -0.2) is 0 Å². The van der Waals surface area contributed by atoms with Gasteiger partial charge in [-0.15, -0.1) is 0 Å². The van der Waals surface area contributed by atoms with Crippen LogP contribution in [0, 0.1) is 6.92 Å². The van der Waals surface area contributed by atoms with Gasteiger partial charge in [0.05, 0.1) is 0 Å². The van der Waals surface area contributed by atoms with Crippen LogP contribution in [-0.2, 0) is 0 Å². The minimum atomic E-state index is 0.800. The van der Waals surface area contributed by atoms with Crippen LogP contribution in [0.1, 0.15) is 19.4 Å². The van der Waals surface area contributed by atoms with E-state index in [1.807, 2.05) is 18.2 Å². The first-order valence-electron chi connectivity index (χ1n) is 5.30. The molecule has 1 rings (SSSR count). The van der Waals surface area contributed by atoms with Crippen LogP contribution in [0.4, 0.5) is 5.69 Å². The maximum Gasteiger partial charge on any atom is 0.173 e. The number of hydrogen-bond donors (Lipinski definition) is 1. The van der Waals surface area contributed by atoms with Crippen LogP contribution in [0.15, 0.2) is 24.3 Å². The summed E-state index contributed by atoms with van der Waals surface area (Å²) in [6.45, 7) is 8.17. The molecule has 0 radical (unpaired) electrons. The van der Waals surface area contributed by atoms with Crippen molar-refractivity contribution in [2.45, 2.75) is 20.8 Å². The molecule has 0 spiro atoms. The number of benzene rings is 1. The average Bonchev–Trinajstić information content (AvgIpc) is 2.23.